The molecule has 1 heterocycles. The molecular weight excluding hydrogens is 392 g/mol. The van der Waals surface area contributed by atoms with Gasteiger partial charge in [0.1, 0.15) is 12.4 Å². The quantitative estimate of drug-likeness (QED) is 0.562. The smallest absolute Gasteiger partial charge is 0.338 e. The molecule has 6 nitrogen and oxygen atoms in total. The Morgan fingerprint density at radius 2 is 1.81 bits per heavy atom. The molecular formula is C25H30N2O4. The van der Waals surface area contributed by atoms with Gasteiger partial charge in [-0.25, -0.2) is 9.59 Å². The van der Waals surface area contributed by atoms with Crippen LogP contribution in [-0.4, -0.2) is 18.6 Å². The Labute approximate surface area is 183 Å². The summed E-state index contributed by atoms with van der Waals surface area (Å²) in [6.07, 6.45) is 2.45. The molecule has 0 bridgehead atoms. The number of amides is 2. The maximum Gasteiger partial charge on any atom is 0.338 e. The molecule has 6 heteroatoms. The van der Waals surface area contributed by atoms with Crippen LogP contribution in [0.2, 0.25) is 0 Å². The molecule has 0 aromatic heterocycles. The van der Waals surface area contributed by atoms with Crippen LogP contribution < -0.4 is 15.4 Å². The number of hydrogen-bond acceptors (Lipinski definition) is 4. The Morgan fingerprint density at radius 3 is 2.48 bits per heavy atom. The van der Waals surface area contributed by atoms with E-state index in [9.17, 15) is 9.59 Å². The standard InChI is InChI=1S/C25H30N2O4/c1-4-6-11-21-22(24(28)30-5-2)23(27-25(29)26-21)18-12-14-20(15-13-18)31-16-19-10-8-7-9-17(19)3/h7-10,12-15,23H,4-6,11,16H2,1-3H3,(H2,26,27,29). The molecule has 2 N–H and O–H groups in total. The van der Waals surface area contributed by atoms with Crippen LogP contribution in [0, 0.1) is 6.92 Å². The second-order valence-corrected chi connectivity index (χ2v) is 7.53. The highest BCUT2D eigenvalue weighted by Crippen LogP contribution is 2.30. The second-order valence-electron chi connectivity index (χ2n) is 7.53. The maximum absolute atomic E-state index is 12.7. The van der Waals surface area contributed by atoms with Gasteiger partial charge in [-0.15, -0.1) is 0 Å². The number of rotatable bonds is 9. The van der Waals surface area contributed by atoms with E-state index in [1.807, 2.05) is 42.5 Å². The average Bonchev–Trinajstić information content (AvgIpc) is 2.77. The molecule has 0 saturated carbocycles. The van der Waals surface area contributed by atoms with Crippen LogP contribution in [-0.2, 0) is 16.1 Å². The zero-order valence-corrected chi connectivity index (χ0v) is 18.4. The average molecular weight is 423 g/mol. The van der Waals surface area contributed by atoms with E-state index in [1.54, 1.807) is 6.92 Å². The lowest BCUT2D eigenvalue weighted by Crippen LogP contribution is -2.46. The minimum atomic E-state index is -0.565. The van der Waals surface area contributed by atoms with Crippen LogP contribution >= 0.6 is 0 Å². The number of benzene rings is 2. The first kappa shape index (κ1) is 22.4. The molecule has 3 rings (SSSR count). The molecule has 1 atom stereocenters. The van der Waals surface area contributed by atoms with E-state index in [4.69, 9.17) is 9.47 Å². The molecule has 0 saturated heterocycles. The maximum atomic E-state index is 12.7. The minimum absolute atomic E-state index is 0.274. The lowest BCUT2D eigenvalue weighted by molar-refractivity contribution is -0.139. The van der Waals surface area contributed by atoms with Crippen molar-refractivity contribution in [1.82, 2.24) is 10.6 Å². The van der Waals surface area contributed by atoms with Crippen molar-refractivity contribution in [3.05, 3.63) is 76.5 Å². The first-order valence-electron chi connectivity index (χ1n) is 10.8. The number of unbranched alkanes of at least 4 members (excludes halogenated alkanes) is 1. The summed E-state index contributed by atoms with van der Waals surface area (Å²) in [5, 5.41) is 5.66. The summed E-state index contributed by atoms with van der Waals surface area (Å²) in [4.78, 5) is 25.0. The van der Waals surface area contributed by atoms with Crippen molar-refractivity contribution in [2.45, 2.75) is 52.7 Å². The van der Waals surface area contributed by atoms with Crippen molar-refractivity contribution < 1.29 is 19.1 Å². The van der Waals surface area contributed by atoms with Crippen molar-refractivity contribution in [3.8, 4) is 5.75 Å². The van der Waals surface area contributed by atoms with Gasteiger partial charge in [-0.2, -0.15) is 0 Å². The third-order valence-corrected chi connectivity index (χ3v) is 5.30. The van der Waals surface area contributed by atoms with E-state index in [0.717, 1.165) is 29.7 Å². The van der Waals surface area contributed by atoms with Crippen LogP contribution in [0.15, 0.2) is 59.8 Å². The molecule has 0 spiro atoms. The molecule has 1 unspecified atom stereocenters. The van der Waals surface area contributed by atoms with E-state index in [2.05, 4.69) is 30.5 Å². The fourth-order valence-corrected chi connectivity index (χ4v) is 3.56. The van der Waals surface area contributed by atoms with Crippen LogP contribution in [0.1, 0.15) is 55.8 Å². The molecule has 0 aliphatic carbocycles. The molecule has 31 heavy (non-hydrogen) atoms. The third kappa shape index (κ3) is 5.66. The number of carbonyl (C=O) groups excluding carboxylic acids is 2. The summed E-state index contributed by atoms with van der Waals surface area (Å²) in [7, 11) is 0. The number of aryl methyl sites for hydroxylation is 1. The van der Waals surface area contributed by atoms with E-state index < -0.39 is 12.0 Å². The second kappa shape index (κ2) is 10.7. The third-order valence-electron chi connectivity index (χ3n) is 5.30. The molecule has 1 aliphatic rings. The monoisotopic (exact) mass is 422 g/mol. The van der Waals surface area contributed by atoms with Gasteiger partial charge in [-0.3, -0.25) is 0 Å². The van der Waals surface area contributed by atoms with Gasteiger partial charge in [0.25, 0.3) is 0 Å². The van der Waals surface area contributed by atoms with Crippen molar-refractivity contribution >= 4 is 12.0 Å². The predicted octanol–water partition coefficient (Wildman–Crippen LogP) is 4.94. The van der Waals surface area contributed by atoms with Crippen LogP contribution in [0.3, 0.4) is 0 Å². The zero-order valence-electron chi connectivity index (χ0n) is 18.4. The SMILES string of the molecule is CCCCC1=C(C(=O)OCC)C(c2ccc(OCc3ccccc3C)cc2)NC(=O)N1. The largest absolute Gasteiger partial charge is 0.489 e. The van der Waals surface area contributed by atoms with Gasteiger partial charge in [0.05, 0.1) is 18.2 Å². The fraction of sp³-hybridized carbons (Fsp3) is 0.360. The van der Waals surface area contributed by atoms with Gasteiger partial charge in [0.2, 0.25) is 0 Å². The Morgan fingerprint density at radius 1 is 1.06 bits per heavy atom. The van der Waals surface area contributed by atoms with Gasteiger partial charge >= 0.3 is 12.0 Å². The van der Waals surface area contributed by atoms with E-state index >= 15 is 0 Å². The summed E-state index contributed by atoms with van der Waals surface area (Å²) < 4.78 is 11.2. The summed E-state index contributed by atoms with van der Waals surface area (Å²) in [5.41, 5.74) is 4.21. The normalized spacial score (nSPS) is 15.8. The summed E-state index contributed by atoms with van der Waals surface area (Å²) >= 11 is 0. The van der Waals surface area contributed by atoms with Gasteiger partial charge < -0.3 is 20.1 Å². The van der Waals surface area contributed by atoms with Gasteiger partial charge in [0.15, 0.2) is 0 Å². The lowest BCUT2D eigenvalue weighted by atomic mass is 9.93. The van der Waals surface area contributed by atoms with Crippen molar-refractivity contribution in [2.75, 3.05) is 6.61 Å². The number of allylic oxidation sites excluding steroid dienone is 1. The van der Waals surface area contributed by atoms with Crippen molar-refractivity contribution in [1.29, 1.82) is 0 Å². The Kier molecular flexibility index (Phi) is 7.70. The number of urea groups is 1. The summed E-state index contributed by atoms with van der Waals surface area (Å²) in [6.45, 7) is 6.65. The van der Waals surface area contributed by atoms with E-state index in [0.29, 0.717) is 24.3 Å². The lowest BCUT2D eigenvalue weighted by Gasteiger charge is -2.29. The van der Waals surface area contributed by atoms with Crippen molar-refractivity contribution in [3.63, 3.8) is 0 Å². The van der Waals surface area contributed by atoms with Gasteiger partial charge in [0, 0.05) is 5.70 Å². The summed E-state index contributed by atoms with van der Waals surface area (Å²) in [6, 6.07) is 14.7. The molecule has 0 radical (unpaired) electrons. The van der Waals surface area contributed by atoms with Gasteiger partial charge in [-0.05, 0) is 55.5 Å². The molecule has 2 amide bonds. The number of nitrogens with one attached hydrogen (secondary N) is 2. The zero-order chi connectivity index (χ0) is 22.2. The van der Waals surface area contributed by atoms with E-state index in [1.165, 1.54) is 5.56 Å². The van der Waals surface area contributed by atoms with Crippen LogP contribution in [0.25, 0.3) is 0 Å². The number of ether oxygens (including phenoxy) is 2. The fourth-order valence-electron chi connectivity index (χ4n) is 3.56. The predicted molar refractivity (Wildman–Crippen MR) is 120 cm³/mol. The Bertz CT molecular complexity index is 950. The number of esters is 1. The Balaban J connectivity index is 1.82. The molecule has 2 aromatic rings. The molecule has 0 fully saturated rings. The number of hydrogen-bond donors (Lipinski definition) is 2. The van der Waals surface area contributed by atoms with Crippen LogP contribution in [0.5, 0.6) is 5.75 Å². The van der Waals surface area contributed by atoms with Crippen LogP contribution in [0.4, 0.5) is 4.79 Å². The highest BCUT2D eigenvalue weighted by molar-refractivity contribution is 5.95. The highest BCUT2D eigenvalue weighted by atomic mass is 16.5. The number of carbonyl (C=O) groups is 2. The topological polar surface area (TPSA) is 76.7 Å². The van der Waals surface area contributed by atoms with Crippen molar-refractivity contribution in [2.24, 2.45) is 0 Å². The molecule has 2 aromatic carbocycles. The molecule has 1 aliphatic heterocycles. The first-order valence-corrected chi connectivity index (χ1v) is 10.8. The van der Waals surface area contributed by atoms with Gasteiger partial charge in [-0.1, -0.05) is 49.7 Å². The van der Waals surface area contributed by atoms with E-state index in [-0.39, 0.29) is 12.6 Å². The minimum Gasteiger partial charge on any atom is -0.489 e. The first-order chi connectivity index (χ1) is 15.0. The molecule has 164 valence electrons. The highest BCUT2D eigenvalue weighted by Gasteiger charge is 2.33. The Hall–Kier alpha value is -3.28. The summed E-state index contributed by atoms with van der Waals surface area (Å²) in [5.74, 6) is 0.311.